The SMILES string of the molecule is CNC(c1ccc(C)c(F)c1F)C(C)(C)N1CCOCC1. The average Bonchev–Trinajstić information content (AvgIpc) is 2.48. The number of nitrogens with zero attached hydrogens (tertiary/aromatic N) is 1. The van der Waals surface area contributed by atoms with Gasteiger partial charge in [0.2, 0.25) is 0 Å². The second kappa shape index (κ2) is 6.38. The average molecular weight is 298 g/mol. The molecule has 0 aliphatic carbocycles. The Morgan fingerprint density at radius 3 is 2.38 bits per heavy atom. The van der Waals surface area contributed by atoms with Gasteiger partial charge in [-0.05, 0) is 33.4 Å². The van der Waals surface area contributed by atoms with Gasteiger partial charge in [-0.2, -0.15) is 0 Å². The minimum Gasteiger partial charge on any atom is -0.379 e. The maximum absolute atomic E-state index is 14.3. The normalized spacial score (nSPS) is 18.8. The van der Waals surface area contributed by atoms with E-state index in [1.54, 1.807) is 26.1 Å². The van der Waals surface area contributed by atoms with E-state index < -0.39 is 11.6 Å². The fourth-order valence-corrected chi connectivity index (χ4v) is 3.10. The molecule has 1 heterocycles. The van der Waals surface area contributed by atoms with Crippen LogP contribution in [0, 0.1) is 18.6 Å². The lowest BCUT2D eigenvalue weighted by Gasteiger charge is -2.46. The quantitative estimate of drug-likeness (QED) is 0.925. The predicted octanol–water partition coefficient (Wildman–Crippen LogP) is 2.64. The second-order valence-electron chi connectivity index (χ2n) is 6.07. The number of likely N-dealkylation sites (N-methyl/N-ethyl adjacent to an activating group) is 1. The second-order valence-corrected chi connectivity index (χ2v) is 6.07. The summed E-state index contributed by atoms with van der Waals surface area (Å²) in [6.07, 6.45) is 0. The van der Waals surface area contributed by atoms with Crippen molar-refractivity contribution in [3.05, 3.63) is 34.9 Å². The van der Waals surface area contributed by atoms with Crippen molar-refractivity contribution >= 4 is 0 Å². The molecule has 1 unspecified atom stereocenters. The maximum atomic E-state index is 14.3. The van der Waals surface area contributed by atoms with Gasteiger partial charge in [-0.25, -0.2) is 8.78 Å². The van der Waals surface area contributed by atoms with Gasteiger partial charge in [-0.3, -0.25) is 4.90 Å². The van der Waals surface area contributed by atoms with Crippen LogP contribution in [0.1, 0.15) is 31.0 Å². The molecular formula is C16H24F2N2O. The molecule has 0 bridgehead atoms. The molecule has 1 aliphatic heterocycles. The van der Waals surface area contributed by atoms with Crippen LogP contribution in [0.2, 0.25) is 0 Å². The van der Waals surface area contributed by atoms with Crippen molar-refractivity contribution in [3.63, 3.8) is 0 Å². The van der Waals surface area contributed by atoms with Crippen molar-refractivity contribution < 1.29 is 13.5 Å². The van der Waals surface area contributed by atoms with Crippen LogP contribution >= 0.6 is 0 Å². The minimum atomic E-state index is -0.759. The molecule has 1 atom stereocenters. The van der Waals surface area contributed by atoms with Gasteiger partial charge in [0, 0.05) is 24.2 Å². The van der Waals surface area contributed by atoms with Crippen LogP contribution in [0.3, 0.4) is 0 Å². The van der Waals surface area contributed by atoms with Crippen molar-refractivity contribution in [2.24, 2.45) is 0 Å². The Morgan fingerprint density at radius 1 is 1.19 bits per heavy atom. The van der Waals surface area contributed by atoms with Crippen LogP contribution in [0.4, 0.5) is 8.78 Å². The molecule has 0 spiro atoms. The highest BCUT2D eigenvalue weighted by molar-refractivity contribution is 5.30. The van der Waals surface area contributed by atoms with E-state index >= 15 is 0 Å². The van der Waals surface area contributed by atoms with E-state index in [1.165, 1.54) is 0 Å². The fourth-order valence-electron chi connectivity index (χ4n) is 3.10. The first-order valence-corrected chi connectivity index (χ1v) is 7.34. The minimum absolute atomic E-state index is 0.300. The fraction of sp³-hybridized carbons (Fsp3) is 0.625. The Balaban J connectivity index is 2.36. The zero-order valence-electron chi connectivity index (χ0n) is 13.2. The van der Waals surface area contributed by atoms with Gasteiger partial charge in [0.1, 0.15) is 0 Å². The van der Waals surface area contributed by atoms with Gasteiger partial charge in [-0.15, -0.1) is 0 Å². The summed E-state index contributed by atoms with van der Waals surface area (Å²) < 4.78 is 33.6. The number of hydrogen-bond acceptors (Lipinski definition) is 3. The number of rotatable bonds is 4. The van der Waals surface area contributed by atoms with Gasteiger partial charge < -0.3 is 10.1 Å². The number of halogens is 2. The molecule has 1 fully saturated rings. The molecular weight excluding hydrogens is 274 g/mol. The first-order chi connectivity index (χ1) is 9.89. The lowest BCUT2D eigenvalue weighted by molar-refractivity contribution is -0.0233. The molecule has 1 aliphatic rings. The van der Waals surface area contributed by atoms with Crippen LogP contribution in [0.25, 0.3) is 0 Å². The summed E-state index contributed by atoms with van der Waals surface area (Å²) in [7, 11) is 1.78. The lowest BCUT2D eigenvalue weighted by atomic mass is 9.86. The monoisotopic (exact) mass is 298 g/mol. The number of morpholine rings is 1. The van der Waals surface area contributed by atoms with Crippen molar-refractivity contribution in [2.75, 3.05) is 33.4 Å². The van der Waals surface area contributed by atoms with E-state index in [1.807, 2.05) is 0 Å². The predicted molar refractivity (Wildman–Crippen MR) is 79.4 cm³/mol. The molecule has 3 nitrogen and oxygen atoms in total. The van der Waals surface area contributed by atoms with Crippen LogP contribution in [0.15, 0.2) is 12.1 Å². The van der Waals surface area contributed by atoms with Crippen molar-refractivity contribution in [1.82, 2.24) is 10.2 Å². The highest BCUT2D eigenvalue weighted by Crippen LogP contribution is 2.34. The molecule has 1 aromatic rings. The van der Waals surface area contributed by atoms with Crippen molar-refractivity contribution in [3.8, 4) is 0 Å². The zero-order valence-corrected chi connectivity index (χ0v) is 13.2. The van der Waals surface area contributed by atoms with Gasteiger partial charge in [0.15, 0.2) is 11.6 Å². The number of hydrogen-bond donors (Lipinski definition) is 1. The van der Waals surface area contributed by atoms with E-state index in [0.717, 1.165) is 13.1 Å². The van der Waals surface area contributed by atoms with Crippen molar-refractivity contribution in [1.29, 1.82) is 0 Å². The van der Waals surface area contributed by atoms with Crippen molar-refractivity contribution in [2.45, 2.75) is 32.4 Å². The van der Waals surface area contributed by atoms with Crippen LogP contribution < -0.4 is 5.32 Å². The molecule has 118 valence electrons. The molecule has 0 aromatic heterocycles. The molecule has 0 radical (unpaired) electrons. The van der Waals surface area contributed by atoms with E-state index in [9.17, 15) is 8.78 Å². The van der Waals surface area contributed by atoms with Gasteiger partial charge in [0.25, 0.3) is 0 Å². The zero-order chi connectivity index (χ0) is 15.6. The summed E-state index contributed by atoms with van der Waals surface area (Å²) in [6, 6.07) is 3.01. The standard InChI is InChI=1S/C16H24F2N2O/c1-11-5-6-12(14(18)13(11)17)15(19-4)16(2,3)20-7-9-21-10-8-20/h5-6,15,19H,7-10H2,1-4H3. The third-order valence-corrected chi connectivity index (χ3v) is 4.44. The van der Waals surface area contributed by atoms with E-state index in [0.29, 0.717) is 24.3 Å². The molecule has 0 saturated carbocycles. The Bertz CT molecular complexity index is 499. The van der Waals surface area contributed by atoms with Gasteiger partial charge in [-0.1, -0.05) is 12.1 Å². The summed E-state index contributed by atoms with van der Waals surface area (Å²) in [5.41, 5.74) is 0.355. The third-order valence-electron chi connectivity index (χ3n) is 4.44. The Labute approximate surface area is 125 Å². The molecule has 1 N–H and O–H groups in total. The number of nitrogens with one attached hydrogen (secondary N) is 1. The van der Waals surface area contributed by atoms with E-state index in [4.69, 9.17) is 4.74 Å². The molecule has 2 rings (SSSR count). The lowest BCUT2D eigenvalue weighted by Crippen LogP contribution is -2.56. The highest BCUT2D eigenvalue weighted by atomic mass is 19.2. The van der Waals surface area contributed by atoms with E-state index in [-0.39, 0.29) is 11.6 Å². The summed E-state index contributed by atoms with van der Waals surface area (Å²) in [5, 5.41) is 3.15. The van der Waals surface area contributed by atoms with Gasteiger partial charge >= 0.3 is 0 Å². The highest BCUT2D eigenvalue weighted by Gasteiger charge is 2.38. The molecule has 5 heteroatoms. The molecule has 1 aromatic carbocycles. The maximum Gasteiger partial charge on any atom is 0.163 e. The smallest absolute Gasteiger partial charge is 0.163 e. The van der Waals surface area contributed by atoms with Crippen LogP contribution in [-0.2, 0) is 4.74 Å². The third kappa shape index (κ3) is 3.10. The number of ether oxygens (including phenoxy) is 1. The topological polar surface area (TPSA) is 24.5 Å². The van der Waals surface area contributed by atoms with Crippen LogP contribution in [-0.4, -0.2) is 43.8 Å². The summed E-state index contributed by atoms with van der Waals surface area (Å²) in [6.45, 7) is 8.61. The first kappa shape index (κ1) is 16.3. The van der Waals surface area contributed by atoms with Gasteiger partial charge in [0.05, 0.1) is 19.3 Å². The number of aryl methyl sites for hydroxylation is 1. The summed E-state index contributed by atoms with van der Waals surface area (Å²) >= 11 is 0. The van der Waals surface area contributed by atoms with Crippen LogP contribution in [0.5, 0.6) is 0 Å². The number of benzene rings is 1. The Morgan fingerprint density at radius 2 is 1.81 bits per heavy atom. The Kier molecular flexibility index (Phi) is 4.96. The largest absolute Gasteiger partial charge is 0.379 e. The first-order valence-electron chi connectivity index (χ1n) is 7.34. The van der Waals surface area contributed by atoms with E-state index in [2.05, 4.69) is 24.1 Å². The summed E-state index contributed by atoms with van der Waals surface area (Å²) in [4.78, 5) is 2.26. The molecule has 1 saturated heterocycles. The Hall–Kier alpha value is -1.04. The molecule has 21 heavy (non-hydrogen) atoms. The molecule has 0 amide bonds. The summed E-state index contributed by atoms with van der Waals surface area (Å²) in [5.74, 6) is -1.51.